The number of phenols is 1. The molecule has 1 aliphatic heterocycles. The summed E-state index contributed by atoms with van der Waals surface area (Å²) in [6.45, 7) is 1.32. The molecule has 5 rings (SSSR count). The standard InChI is InChI=1S/C31H26ClF3N4O4/c32-26-16-20(8-10-27(26)40)30(42)37-36-18-21-9-11-28(25-7-2-1-6-24(21)25)43-19-29(41)39-14-12-38(13-15-39)23-5-3-4-22(17-23)31(33,34)35/h1-11,16-18,40H,12-15,19H2,(H,37,42). The van der Waals surface area contributed by atoms with Crippen molar-refractivity contribution < 1.29 is 32.6 Å². The highest BCUT2D eigenvalue weighted by Crippen LogP contribution is 2.32. The number of aromatic hydroxyl groups is 1. The van der Waals surface area contributed by atoms with Crippen LogP contribution < -0.4 is 15.1 Å². The fourth-order valence-electron chi connectivity index (χ4n) is 4.73. The van der Waals surface area contributed by atoms with Gasteiger partial charge in [-0.15, -0.1) is 0 Å². The Kier molecular flexibility index (Phi) is 8.72. The summed E-state index contributed by atoms with van der Waals surface area (Å²) in [4.78, 5) is 28.8. The predicted octanol–water partition coefficient (Wildman–Crippen LogP) is 5.71. The van der Waals surface area contributed by atoms with Crippen LogP contribution in [0.5, 0.6) is 11.5 Å². The number of ether oxygens (including phenoxy) is 1. The number of piperazine rings is 1. The number of nitrogens with one attached hydrogen (secondary N) is 1. The molecular formula is C31H26ClF3N4O4. The van der Waals surface area contributed by atoms with Crippen molar-refractivity contribution in [2.24, 2.45) is 5.10 Å². The molecule has 43 heavy (non-hydrogen) atoms. The molecule has 8 nitrogen and oxygen atoms in total. The molecule has 2 amide bonds. The molecule has 1 aliphatic rings. The van der Waals surface area contributed by atoms with Crippen LogP contribution in [0.3, 0.4) is 0 Å². The van der Waals surface area contributed by atoms with E-state index in [1.165, 1.54) is 30.5 Å². The van der Waals surface area contributed by atoms with E-state index in [9.17, 15) is 27.9 Å². The van der Waals surface area contributed by atoms with Crippen LogP contribution in [0.4, 0.5) is 18.9 Å². The lowest BCUT2D eigenvalue weighted by Gasteiger charge is -2.36. The molecule has 222 valence electrons. The first kappa shape index (κ1) is 29.7. The molecule has 1 fully saturated rings. The average Bonchev–Trinajstić information content (AvgIpc) is 3.01. The fourth-order valence-corrected chi connectivity index (χ4v) is 4.91. The van der Waals surface area contributed by atoms with Crippen LogP contribution in [-0.4, -0.2) is 60.8 Å². The van der Waals surface area contributed by atoms with Crippen molar-refractivity contribution in [3.05, 3.63) is 101 Å². The second-order valence-corrected chi connectivity index (χ2v) is 10.2. The summed E-state index contributed by atoms with van der Waals surface area (Å²) in [6, 6.07) is 20.1. The van der Waals surface area contributed by atoms with Crippen molar-refractivity contribution in [2.45, 2.75) is 6.18 Å². The number of amides is 2. The second-order valence-electron chi connectivity index (χ2n) is 9.77. The van der Waals surface area contributed by atoms with Gasteiger partial charge in [0.05, 0.1) is 16.8 Å². The molecule has 1 saturated heterocycles. The third-order valence-corrected chi connectivity index (χ3v) is 7.32. The lowest BCUT2D eigenvalue weighted by Crippen LogP contribution is -2.50. The van der Waals surface area contributed by atoms with E-state index in [4.69, 9.17) is 16.3 Å². The minimum atomic E-state index is -4.42. The number of rotatable bonds is 7. The molecule has 4 aromatic carbocycles. The predicted molar refractivity (Wildman–Crippen MR) is 158 cm³/mol. The number of nitrogens with zero attached hydrogens (tertiary/aromatic N) is 3. The average molecular weight is 611 g/mol. The number of anilines is 1. The molecule has 1 heterocycles. The van der Waals surface area contributed by atoms with Crippen LogP contribution in [0.2, 0.25) is 5.02 Å². The molecule has 12 heteroatoms. The van der Waals surface area contributed by atoms with Crippen LogP contribution in [-0.2, 0) is 11.0 Å². The summed E-state index contributed by atoms with van der Waals surface area (Å²) in [7, 11) is 0. The van der Waals surface area contributed by atoms with Gasteiger partial charge in [-0.3, -0.25) is 9.59 Å². The number of alkyl halides is 3. The van der Waals surface area contributed by atoms with E-state index in [1.54, 1.807) is 23.1 Å². The zero-order valence-corrected chi connectivity index (χ0v) is 23.4. The van der Waals surface area contributed by atoms with E-state index < -0.39 is 17.6 Å². The number of phenolic OH excluding ortho intramolecular Hbond substituents is 1. The van der Waals surface area contributed by atoms with E-state index in [1.807, 2.05) is 29.2 Å². The molecular weight excluding hydrogens is 585 g/mol. The van der Waals surface area contributed by atoms with Gasteiger partial charge in [-0.2, -0.15) is 18.3 Å². The van der Waals surface area contributed by atoms with Crippen LogP contribution in [0.15, 0.2) is 84.0 Å². The minimum absolute atomic E-state index is 0.0501. The number of hydrogen-bond acceptors (Lipinski definition) is 6. The summed E-state index contributed by atoms with van der Waals surface area (Å²) < 4.78 is 45.2. The number of carbonyl (C=O) groups excluding carboxylic acids is 2. The Morgan fingerprint density at radius 3 is 2.42 bits per heavy atom. The largest absolute Gasteiger partial charge is 0.506 e. The van der Waals surface area contributed by atoms with Crippen LogP contribution >= 0.6 is 11.6 Å². The van der Waals surface area contributed by atoms with E-state index in [-0.39, 0.29) is 28.8 Å². The van der Waals surface area contributed by atoms with Gasteiger partial charge in [0.25, 0.3) is 11.8 Å². The van der Waals surface area contributed by atoms with Gasteiger partial charge in [-0.05, 0) is 53.9 Å². The van der Waals surface area contributed by atoms with Gasteiger partial charge in [-0.1, -0.05) is 41.9 Å². The van der Waals surface area contributed by atoms with Crippen molar-refractivity contribution in [1.29, 1.82) is 0 Å². The second kappa shape index (κ2) is 12.6. The summed E-state index contributed by atoms with van der Waals surface area (Å²) in [6.07, 6.45) is -2.93. The quantitative estimate of drug-likeness (QED) is 0.207. The Morgan fingerprint density at radius 1 is 0.953 bits per heavy atom. The molecule has 0 aliphatic carbocycles. The summed E-state index contributed by atoms with van der Waals surface area (Å²) in [5, 5.41) is 15.1. The van der Waals surface area contributed by atoms with Gasteiger partial charge in [-0.25, -0.2) is 5.43 Å². The number of benzene rings is 4. The maximum atomic E-state index is 13.1. The molecule has 0 saturated carbocycles. The Hall–Kier alpha value is -4.77. The number of hydrazone groups is 1. The van der Waals surface area contributed by atoms with Crippen molar-refractivity contribution in [3.8, 4) is 11.5 Å². The van der Waals surface area contributed by atoms with Gasteiger partial charge in [0.15, 0.2) is 6.61 Å². The van der Waals surface area contributed by atoms with E-state index >= 15 is 0 Å². The highest BCUT2D eigenvalue weighted by atomic mass is 35.5. The molecule has 2 N–H and O–H groups in total. The summed E-state index contributed by atoms with van der Waals surface area (Å²) in [5.74, 6) is -0.368. The lowest BCUT2D eigenvalue weighted by molar-refractivity contribution is -0.137. The summed E-state index contributed by atoms with van der Waals surface area (Å²) in [5.41, 5.74) is 3.12. The van der Waals surface area contributed by atoms with Gasteiger partial charge >= 0.3 is 6.18 Å². The Labute approximate surface area is 249 Å². The van der Waals surface area contributed by atoms with Crippen molar-refractivity contribution in [3.63, 3.8) is 0 Å². The molecule has 4 aromatic rings. The number of carbonyl (C=O) groups is 2. The molecule has 0 bridgehead atoms. The smallest absolute Gasteiger partial charge is 0.416 e. The van der Waals surface area contributed by atoms with Crippen LogP contribution in [0.25, 0.3) is 10.8 Å². The number of fused-ring (bicyclic) bond motifs is 1. The first-order valence-corrected chi connectivity index (χ1v) is 13.6. The lowest BCUT2D eigenvalue weighted by atomic mass is 10.0. The van der Waals surface area contributed by atoms with E-state index in [0.29, 0.717) is 43.2 Å². The molecule has 0 atom stereocenters. The van der Waals surface area contributed by atoms with Gasteiger partial charge in [0, 0.05) is 48.4 Å². The topological polar surface area (TPSA) is 94.5 Å². The zero-order chi connectivity index (χ0) is 30.6. The van der Waals surface area contributed by atoms with Gasteiger partial charge in [0.1, 0.15) is 11.5 Å². The van der Waals surface area contributed by atoms with E-state index in [0.717, 1.165) is 22.9 Å². The highest BCUT2D eigenvalue weighted by Gasteiger charge is 2.31. The zero-order valence-electron chi connectivity index (χ0n) is 22.6. The Balaban J connectivity index is 1.19. The van der Waals surface area contributed by atoms with Crippen molar-refractivity contribution in [2.75, 3.05) is 37.7 Å². The van der Waals surface area contributed by atoms with Crippen molar-refractivity contribution in [1.82, 2.24) is 10.3 Å². The maximum absolute atomic E-state index is 13.1. The molecule has 0 radical (unpaired) electrons. The van der Waals surface area contributed by atoms with E-state index in [2.05, 4.69) is 10.5 Å². The molecule has 0 unspecified atom stereocenters. The van der Waals surface area contributed by atoms with Gasteiger partial charge < -0.3 is 19.6 Å². The van der Waals surface area contributed by atoms with Crippen LogP contribution in [0.1, 0.15) is 21.5 Å². The SMILES string of the molecule is O=C(NN=Cc1ccc(OCC(=O)N2CCN(c3cccc(C(F)(F)F)c3)CC2)c2ccccc12)c1ccc(O)c(Cl)c1. The van der Waals surface area contributed by atoms with Gasteiger partial charge in [0.2, 0.25) is 0 Å². The number of halogens is 4. The maximum Gasteiger partial charge on any atom is 0.416 e. The third kappa shape index (κ3) is 7.00. The normalized spacial score (nSPS) is 13.9. The first-order valence-electron chi connectivity index (χ1n) is 13.3. The van der Waals surface area contributed by atoms with Crippen molar-refractivity contribution >= 4 is 46.1 Å². The fraction of sp³-hybridized carbons (Fsp3) is 0.194. The minimum Gasteiger partial charge on any atom is -0.506 e. The highest BCUT2D eigenvalue weighted by molar-refractivity contribution is 6.32. The molecule has 0 aromatic heterocycles. The number of hydrogen-bond donors (Lipinski definition) is 2. The third-order valence-electron chi connectivity index (χ3n) is 7.02. The van der Waals surface area contributed by atoms with Crippen LogP contribution in [0, 0.1) is 0 Å². The molecule has 0 spiro atoms. The Morgan fingerprint density at radius 2 is 1.70 bits per heavy atom. The summed E-state index contributed by atoms with van der Waals surface area (Å²) >= 11 is 5.87. The Bertz CT molecular complexity index is 1690. The first-order chi connectivity index (χ1) is 20.6. The monoisotopic (exact) mass is 610 g/mol.